The highest BCUT2D eigenvalue weighted by Gasteiger charge is 2.09. The zero-order chi connectivity index (χ0) is 12.1. The lowest BCUT2D eigenvalue weighted by molar-refractivity contribution is 0.220. The van der Waals surface area contributed by atoms with Crippen LogP contribution in [0.5, 0.6) is 5.75 Å². The Bertz CT molecular complexity index is 453. The summed E-state index contributed by atoms with van der Waals surface area (Å²) in [5, 5.41) is 10.1. The number of rotatable bonds is 4. The van der Waals surface area contributed by atoms with Crippen LogP contribution in [0.3, 0.4) is 0 Å². The van der Waals surface area contributed by atoms with Crippen LogP contribution in [0.4, 0.5) is 0 Å². The minimum Gasteiger partial charge on any atom is -0.494 e. The first-order valence-electron chi connectivity index (χ1n) is 5.62. The Hall–Kier alpha value is -1.87. The van der Waals surface area contributed by atoms with Gasteiger partial charge in [0.05, 0.1) is 6.61 Å². The second-order valence-electron chi connectivity index (χ2n) is 3.69. The number of benzene rings is 1. The maximum atomic E-state index is 10.1. The molecule has 0 aliphatic heterocycles. The standard InChI is InChI=1S/C14H15NO2/c1-2-17-13-5-3-11(4-6-13)14(16)12-7-9-15-10-8-12/h3-10,14,16H,2H2,1H3. The highest BCUT2D eigenvalue weighted by Crippen LogP contribution is 2.23. The second-order valence-corrected chi connectivity index (χ2v) is 3.69. The molecule has 1 heterocycles. The lowest BCUT2D eigenvalue weighted by Crippen LogP contribution is -2.00. The van der Waals surface area contributed by atoms with Crippen molar-refractivity contribution >= 4 is 0 Å². The molecule has 1 aromatic heterocycles. The van der Waals surface area contributed by atoms with Gasteiger partial charge in [0.25, 0.3) is 0 Å². The SMILES string of the molecule is CCOc1ccc(C(O)c2ccncc2)cc1. The first-order valence-corrected chi connectivity index (χ1v) is 5.62. The van der Waals surface area contributed by atoms with Crippen LogP contribution < -0.4 is 4.74 Å². The highest BCUT2D eigenvalue weighted by molar-refractivity contribution is 5.33. The third kappa shape index (κ3) is 2.82. The van der Waals surface area contributed by atoms with Crippen molar-refractivity contribution in [3.8, 4) is 5.75 Å². The molecule has 2 rings (SSSR count). The summed E-state index contributed by atoms with van der Waals surface area (Å²) in [6.45, 7) is 2.59. The van der Waals surface area contributed by atoms with Gasteiger partial charge in [-0.2, -0.15) is 0 Å². The van der Waals surface area contributed by atoms with Crippen molar-refractivity contribution in [1.29, 1.82) is 0 Å². The smallest absolute Gasteiger partial charge is 0.119 e. The van der Waals surface area contributed by atoms with Crippen molar-refractivity contribution in [2.45, 2.75) is 13.0 Å². The molecule has 17 heavy (non-hydrogen) atoms. The Morgan fingerprint density at radius 1 is 1.06 bits per heavy atom. The van der Waals surface area contributed by atoms with Crippen LogP contribution in [-0.4, -0.2) is 16.7 Å². The van der Waals surface area contributed by atoms with Crippen LogP contribution in [0.1, 0.15) is 24.2 Å². The number of hydrogen-bond donors (Lipinski definition) is 1. The van der Waals surface area contributed by atoms with Gasteiger partial charge < -0.3 is 9.84 Å². The molecule has 0 fully saturated rings. The first-order chi connectivity index (χ1) is 8.31. The molecule has 1 N–H and O–H groups in total. The minimum atomic E-state index is -0.617. The number of hydrogen-bond acceptors (Lipinski definition) is 3. The van der Waals surface area contributed by atoms with Gasteiger partial charge in [-0.05, 0) is 42.3 Å². The van der Waals surface area contributed by atoms with Gasteiger partial charge in [0.15, 0.2) is 0 Å². The van der Waals surface area contributed by atoms with E-state index >= 15 is 0 Å². The molecule has 0 amide bonds. The van der Waals surface area contributed by atoms with Crippen molar-refractivity contribution in [1.82, 2.24) is 4.98 Å². The largest absolute Gasteiger partial charge is 0.494 e. The van der Waals surface area contributed by atoms with Crippen molar-refractivity contribution in [2.24, 2.45) is 0 Å². The quantitative estimate of drug-likeness (QED) is 0.876. The van der Waals surface area contributed by atoms with Crippen LogP contribution >= 0.6 is 0 Å². The lowest BCUT2D eigenvalue weighted by atomic mass is 10.0. The van der Waals surface area contributed by atoms with Crippen LogP contribution in [0.15, 0.2) is 48.8 Å². The summed E-state index contributed by atoms with van der Waals surface area (Å²) < 4.78 is 5.35. The summed E-state index contributed by atoms with van der Waals surface area (Å²) in [6, 6.07) is 11.1. The third-order valence-electron chi connectivity index (χ3n) is 2.53. The van der Waals surface area contributed by atoms with Gasteiger partial charge in [-0.25, -0.2) is 0 Å². The fourth-order valence-corrected chi connectivity index (χ4v) is 1.65. The average Bonchev–Trinajstić information content (AvgIpc) is 2.40. The van der Waals surface area contributed by atoms with E-state index in [1.807, 2.05) is 31.2 Å². The maximum Gasteiger partial charge on any atom is 0.119 e. The number of pyridine rings is 1. The molecular formula is C14H15NO2. The minimum absolute atomic E-state index is 0.617. The molecular weight excluding hydrogens is 214 g/mol. The van der Waals surface area contributed by atoms with E-state index in [-0.39, 0.29) is 0 Å². The van der Waals surface area contributed by atoms with Crippen molar-refractivity contribution in [3.63, 3.8) is 0 Å². The first kappa shape index (κ1) is 11.6. The summed E-state index contributed by atoms with van der Waals surface area (Å²) in [4.78, 5) is 3.93. The predicted octanol–water partition coefficient (Wildman–Crippen LogP) is 2.56. The molecule has 1 unspecified atom stereocenters. The fourth-order valence-electron chi connectivity index (χ4n) is 1.65. The Kier molecular flexibility index (Phi) is 3.73. The van der Waals surface area contributed by atoms with Gasteiger partial charge in [-0.15, -0.1) is 0 Å². The molecule has 0 bridgehead atoms. The third-order valence-corrected chi connectivity index (χ3v) is 2.53. The van der Waals surface area contributed by atoms with E-state index in [1.165, 1.54) is 0 Å². The van der Waals surface area contributed by atoms with E-state index in [2.05, 4.69) is 4.98 Å². The van der Waals surface area contributed by atoms with Gasteiger partial charge in [-0.3, -0.25) is 4.98 Å². The van der Waals surface area contributed by atoms with Crippen molar-refractivity contribution < 1.29 is 9.84 Å². The molecule has 0 saturated carbocycles. The molecule has 1 aromatic carbocycles. The summed E-state index contributed by atoms with van der Waals surface area (Å²) in [5.41, 5.74) is 1.68. The number of nitrogens with zero attached hydrogens (tertiary/aromatic N) is 1. The normalized spacial score (nSPS) is 12.1. The van der Waals surface area contributed by atoms with E-state index in [4.69, 9.17) is 4.74 Å². The summed E-state index contributed by atoms with van der Waals surface area (Å²) in [7, 11) is 0. The molecule has 3 heteroatoms. The number of aliphatic hydroxyl groups excluding tert-OH is 1. The Morgan fingerprint density at radius 2 is 1.65 bits per heavy atom. The fraction of sp³-hybridized carbons (Fsp3) is 0.214. The molecule has 3 nitrogen and oxygen atoms in total. The Morgan fingerprint density at radius 3 is 2.24 bits per heavy atom. The summed E-state index contributed by atoms with van der Waals surface area (Å²) >= 11 is 0. The van der Waals surface area contributed by atoms with E-state index in [0.717, 1.165) is 16.9 Å². The van der Waals surface area contributed by atoms with Gasteiger partial charge in [0.1, 0.15) is 11.9 Å². The van der Waals surface area contributed by atoms with Crippen LogP contribution in [0.25, 0.3) is 0 Å². The van der Waals surface area contributed by atoms with Gasteiger partial charge in [0, 0.05) is 12.4 Å². The van der Waals surface area contributed by atoms with Crippen LogP contribution in [0, 0.1) is 0 Å². The van der Waals surface area contributed by atoms with E-state index < -0.39 is 6.10 Å². The van der Waals surface area contributed by atoms with E-state index in [0.29, 0.717) is 6.61 Å². The van der Waals surface area contributed by atoms with Gasteiger partial charge in [-0.1, -0.05) is 12.1 Å². The molecule has 0 aliphatic carbocycles. The van der Waals surface area contributed by atoms with Gasteiger partial charge in [0.2, 0.25) is 0 Å². The van der Waals surface area contributed by atoms with Crippen LogP contribution in [-0.2, 0) is 0 Å². The van der Waals surface area contributed by atoms with Crippen molar-refractivity contribution in [3.05, 3.63) is 59.9 Å². The molecule has 2 aromatic rings. The molecule has 88 valence electrons. The monoisotopic (exact) mass is 229 g/mol. The predicted molar refractivity (Wildman–Crippen MR) is 65.9 cm³/mol. The van der Waals surface area contributed by atoms with Crippen molar-refractivity contribution in [2.75, 3.05) is 6.61 Å². The summed E-state index contributed by atoms with van der Waals surface area (Å²) in [5.74, 6) is 0.818. The molecule has 0 aliphatic rings. The number of aromatic nitrogens is 1. The number of ether oxygens (including phenoxy) is 1. The second kappa shape index (κ2) is 5.46. The topological polar surface area (TPSA) is 42.4 Å². The van der Waals surface area contributed by atoms with Crippen LogP contribution in [0.2, 0.25) is 0 Å². The Labute approximate surface area is 101 Å². The number of aliphatic hydroxyl groups is 1. The lowest BCUT2D eigenvalue weighted by Gasteiger charge is -2.11. The van der Waals surface area contributed by atoms with Gasteiger partial charge >= 0.3 is 0 Å². The Balaban J connectivity index is 2.17. The maximum absolute atomic E-state index is 10.1. The molecule has 1 atom stereocenters. The summed E-state index contributed by atoms with van der Waals surface area (Å²) in [6.07, 6.45) is 2.73. The zero-order valence-corrected chi connectivity index (χ0v) is 9.71. The highest BCUT2D eigenvalue weighted by atomic mass is 16.5. The average molecular weight is 229 g/mol. The van der Waals surface area contributed by atoms with E-state index in [1.54, 1.807) is 24.5 Å². The molecule has 0 spiro atoms. The molecule has 0 saturated heterocycles. The zero-order valence-electron chi connectivity index (χ0n) is 9.71. The molecule has 0 radical (unpaired) electrons. The van der Waals surface area contributed by atoms with E-state index in [9.17, 15) is 5.11 Å².